The first-order chi connectivity index (χ1) is 9.24. The van der Waals surface area contributed by atoms with Gasteiger partial charge >= 0.3 is 0 Å². The molecule has 5 heteroatoms. The molecule has 3 rings (SSSR count). The van der Waals surface area contributed by atoms with E-state index < -0.39 is 0 Å². The van der Waals surface area contributed by atoms with Crippen molar-refractivity contribution in [3.63, 3.8) is 0 Å². The number of halogens is 1. The van der Waals surface area contributed by atoms with E-state index in [1.807, 2.05) is 17.0 Å². The van der Waals surface area contributed by atoms with Crippen molar-refractivity contribution in [2.24, 2.45) is 10.9 Å². The highest BCUT2D eigenvalue weighted by molar-refractivity contribution is 9.10. The van der Waals surface area contributed by atoms with Crippen molar-refractivity contribution < 1.29 is 4.79 Å². The first-order valence-electron chi connectivity index (χ1n) is 6.47. The summed E-state index contributed by atoms with van der Waals surface area (Å²) in [6.07, 6.45) is 2.11. The van der Waals surface area contributed by atoms with Crippen molar-refractivity contribution in [1.82, 2.24) is 4.90 Å². The summed E-state index contributed by atoms with van der Waals surface area (Å²) in [4.78, 5) is 18.4. The van der Waals surface area contributed by atoms with Crippen molar-refractivity contribution in [3.05, 3.63) is 34.3 Å². The van der Waals surface area contributed by atoms with Crippen LogP contribution in [0.5, 0.6) is 0 Å². The van der Waals surface area contributed by atoms with E-state index in [0.29, 0.717) is 0 Å². The molecule has 0 unspecified atom stereocenters. The van der Waals surface area contributed by atoms with Crippen LogP contribution in [0.1, 0.15) is 18.4 Å². The third-order valence-corrected chi connectivity index (χ3v) is 4.89. The van der Waals surface area contributed by atoms with Crippen LogP contribution in [0.3, 0.4) is 0 Å². The summed E-state index contributed by atoms with van der Waals surface area (Å²) in [5.74, 6) is 1.41. The number of nitrogens with zero attached hydrogens (tertiary/aromatic N) is 2. The second-order valence-electron chi connectivity index (χ2n) is 4.84. The van der Waals surface area contributed by atoms with E-state index in [1.54, 1.807) is 11.8 Å². The van der Waals surface area contributed by atoms with E-state index >= 15 is 0 Å². The number of aliphatic imine (C=N–C) groups is 1. The second kappa shape index (κ2) is 5.67. The zero-order valence-corrected chi connectivity index (χ0v) is 12.9. The van der Waals surface area contributed by atoms with E-state index in [9.17, 15) is 4.79 Å². The van der Waals surface area contributed by atoms with Crippen LogP contribution in [0.25, 0.3) is 0 Å². The van der Waals surface area contributed by atoms with E-state index in [0.717, 1.165) is 41.3 Å². The molecule has 19 heavy (non-hydrogen) atoms. The fourth-order valence-electron chi connectivity index (χ4n) is 2.03. The number of hydrogen-bond acceptors (Lipinski definition) is 3. The number of rotatable bonds is 3. The SMILES string of the molecule is O=C(C1CC1)N1CCN=C1SCc1ccc(Br)cc1. The maximum Gasteiger partial charge on any atom is 0.231 e. The van der Waals surface area contributed by atoms with Crippen LogP contribution < -0.4 is 0 Å². The summed E-state index contributed by atoms with van der Waals surface area (Å²) in [6, 6.07) is 8.28. The number of carbonyl (C=O) groups excluding carboxylic acids is 1. The number of thioether (sulfide) groups is 1. The summed E-state index contributed by atoms with van der Waals surface area (Å²) in [7, 11) is 0. The lowest BCUT2D eigenvalue weighted by molar-refractivity contribution is -0.128. The first kappa shape index (κ1) is 13.2. The van der Waals surface area contributed by atoms with Crippen LogP contribution in [0.4, 0.5) is 0 Å². The Kier molecular flexibility index (Phi) is 3.93. The molecule has 1 saturated carbocycles. The molecule has 1 aromatic rings. The van der Waals surface area contributed by atoms with Crippen LogP contribution >= 0.6 is 27.7 Å². The van der Waals surface area contributed by atoms with Gasteiger partial charge in [-0.2, -0.15) is 0 Å². The Bertz CT molecular complexity index is 511. The van der Waals surface area contributed by atoms with E-state index in [4.69, 9.17) is 0 Å². The van der Waals surface area contributed by atoms with Gasteiger partial charge in [0.1, 0.15) is 0 Å². The Balaban J connectivity index is 1.59. The summed E-state index contributed by atoms with van der Waals surface area (Å²) in [6.45, 7) is 1.51. The highest BCUT2D eigenvalue weighted by atomic mass is 79.9. The fraction of sp³-hybridized carbons (Fsp3) is 0.429. The average Bonchev–Trinajstić information content (AvgIpc) is 3.16. The van der Waals surface area contributed by atoms with Gasteiger partial charge in [-0.25, -0.2) is 0 Å². The molecular weight excluding hydrogens is 324 g/mol. The number of amides is 1. The van der Waals surface area contributed by atoms with Crippen LogP contribution in [0.15, 0.2) is 33.7 Å². The molecule has 1 aliphatic carbocycles. The molecule has 2 aliphatic rings. The number of carbonyl (C=O) groups is 1. The van der Waals surface area contributed by atoms with Gasteiger partial charge in [-0.1, -0.05) is 39.8 Å². The first-order valence-corrected chi connectivity index (χ1v) is 8.25. The third kappa shape index (κ3) is 3.20. The smallest absolute Gasteiger partial charge is 0.231 e. The quantitative estimate of drug-likeness (QED) is 0.847. The van der Waals surface area contributed by atoms with Crippen LogP contribution in [0.2, 0.25) is 0 Å². The standard InChI is InChI=1S/C14H15BrN2OS/c15-12-5-1-10(2-6-12)9-19-14-16-7-8-17(14)13(18)11-3-4-11/h1-2,5-6,11H,3-4,7-9H2. The molecule has 100 valence electrons. The molecule has 0 saturated heterocycles. The van der Waals surface area contributed by atoms with Gasteiger partial charge in [0.2, 0.25) is 5.91 Å². The number of amidine groups is 1. The Morgan fingerprint density at radius 2 is 2.11 bits per heavy atom. The second-order valence-corrected chi connectivity index (χ2v) is 6.70. The molecule has 1 aliphatic heterocycles. The Morgan fingerprint density at radius 1 is 1.37 bits per heavy atom. The Morgan fingerprint density at radius 3 is 2.79 bits per heavy atom. The molecule has 1 aromatic carbocycles. The van der Waals surface area contributed by atoms with Crippen LogP contribution in [-0.2, 0) is 10.5 Å². The maximum atomic E-state index is 12.1. The Labute approximate surface area is 125 Å². The van der Waals surface area contributed by atoms with Crippen molar-refractivity contribution in [2.45, 2.75) is 18.6 Å². The van der Waals surface area contributed by atoms with Gasteiger partial charge in [0, 0.05) is 22.7 Å². The van der Waals surface area contributed by atoms with Gasteiger partial charge < -0.3 is 0 Å². The lowest BCUT2D eigenvalue weighted by Gasteiger charge is -2.17. The van der Waals surface area contributed by atoms with Crippen molar-refractivity contribution in [3.8, 4) is 0 Å². The van der Waals surface area contributed by atoms with Gasteiger partial charge in [0.25, 0.3) is 0 Å². The molecule has 1 fully saturated rings. The molecule has 0 bridgehead atoms. The van der Waals surface area contributed by atoms with E-state index in [-0.39, 0.29) is 11.8 Å². The van der Waals surface area contributed by atoms with Gasteiger partial charge in [-0.3, -0.25) is 14.7 Å². The summed E-state index contributed by atoms with van der Waals surface area (Å²) in [5, 5.41) is 0.903. The minimum absolute atomic E-state index is 0.275. The molecular formula is C14H15BrN2OS. The number of benzene rings is 1. The summed E-state index contributed by atoms with van der Waals surface area (Å²) >= 11 is 5.10. The molecule has 1 heterocycles. The highest BCUT2D eigenvalue weighted by Crippen LogP contribution is 2.33. The molecule has 0 radical (unpaired) electrons. The maximum absolute atomic E-state index is 12.1. The van der Waals surface area contributed by atoms with Crippen LogP contribution in [-0.4, -0.2) is 29.1 Å². The predicted molar refractivity (Wildman–Crippen MR) is 82.2 cm³/mol. The Hall–Kier alpha value is -0.810. The van der Waals surface area contributed by atoms with Gasteiger partial charge in [-0.05, 0) is 30.5 Å². The fourth-order valence-corrected chi connectivity index (χ4v) is 3.31. The zero-order valence-electron chi connectivity index (χ0n) is 10.5. The molecule has 1 amide bonds. The topological polar surface area (TPSA) is 32.7 Å². The van der Waals surface area contributed by atoms with Gasteiger partial charge in [-0.15, -0.1) is 0 Å². The lowest BCUT2D eigenvalue weighted by Crippen LogP contribution is -2.33. The molecule has 0 atom stereocenters. The van der Waals surface area contributed by atoms with E-state index in [2.05, 4.69) is 33.1 Å². The zero-order chi connectivity index (χ0) is 13.2. The highest BCUT2D eigenvalue weighted by Gasteiger charge is 2.36. The summed E-state index contributed by atoms with van der Waals surface area (Å²) in [5.41, 5.74) is 1.25. The number of hydrogen-bond donors (Lipinski definition) is 0. The van der Waals surface area contributed by atoms with Crippen molar-refractivity contribution in [2.75, 3.05) is 13.1 Å². The molecule has 0 aromatic heterocycles. The summed E-state index contributed by atoms with van der Waals surface area (Å²) < 4.78 is 1.09. The normalized spacial score (nSPS) is 18.6. The lowest BCUT2D eigenvalue weighted by atomic mass is 10.2. The van der Waals surface area contributed by atoms with Crippen molar-refractivity contribution in [1.29, 1.82) is 0 Å². The monoisotopic (exact) mass is 338 g/mol. The molecule has 0 spiro atoms. The van der Waals surface area contributed by atoms with Crippen molar-refractivity contribution >= 4 is 38.8 Å². The molecule has 0 N–H and O–H groups in total. The minimum atomic E-state index is 0.275. The van der Waals surface area contributed by atoms with Gasteiger partial charge in [0.15, 0.2) is 5.17 Å². The third-order valence-electron chi connectivity index (χ3n) is 3.28. The predicted octanol–water partition coefficient (Wildman–Crippen LogP) is 3.29. The van der Waals surface area contributed by atoms with Crippen LogP contribution in [0, 0.1) is 5.92 Å². The van der Waals surface area contributed by atoms with E-state index in [1.165, 1.54) is 5.56 Å². The molecule has 3 nitrogen and oxygen atoms in total. The van der Waals surface area contributed by atoms with Gasteiger partial charge in [0.05, 0.1) is 6.54 Å². The minimum Gasteiger partial charge on any atom is -0.289 e. The average molecular weight is 339 g/mol. The largest absolute Gasteiger partial charge is 0.289 e.